The van der Waals surface area contributed by atoms with Crippen LogP contribution in [-0.2, 0) is 4.79 Å². The van der Waals surface area contributed by atoms with E-state index in [1.165, 1.54) is 0 Å². The Kier molecular flexibility index (Phi) is 4.95. The highest BCUT2D eigenvalue weighted by molar-refractivity contribution is 5.83. The van der Waals surface area contributed by atoms with Gasteiger partial charge in [0, 0.05) is 6.54 Å². The second-order valence-corrected chi connectivity index (χ2v) is 3.83. The highest BCUT2D eigenvalue weighted by atomic mass is 16.2. The lowest BCUT2D eigenvalue weighted by molar-refractivity contribution is -0.123. The average molecular weight is 221 g/mol. The maximum Gasteiger partial charge on any atom is 0.242 e. The van der Waals surface area contributed by atoms with E-state index in [0.717, 1.165) is 12.1 Å². The number of likely N-dealkylation sites (N-methyl/N-ethyl adjacent to an activating group) is 1. The maximum atomic E-state index is 11.7. The third-order valence-corrected chi connectivity index (χ3v) is 2.69. The Bertz CT molecular complexity index is 326. The summed E-state index contributed by atoms with van der Waals surface area (Å²) in [7, 11) is 1.99. The van der Waals surface area contributed by atoms with Gasteiger partial charge in [0.05, 0.1) is 5.92 Å². The number of hydrazine groups is 1. The van der Waals surface area contributed by atoms with Crippen molar-refractivity contribution in [2.45, 2.75) is 12.8 Å². The first-order valence-corrected chi connectivity index (χ1v) is 5.43. The molecule has 0 fully saturated rings. The molecule has 0 spiro atoms. The number of carbonyl (C=O) groups excluding carboxylic acids is 1. The monoisotopic (exact) mass is 221 g/mol. The van der Waals surface area contributed by atoms with E-state index in [0.29, 0.717) is 6.54 Å². The number of rotatable bonds is 5. The zero-order chi connectivity index (χ0) is 12.0. The summed E-state index contributed by atoms with van der Waals surface area (Å²) < 4.78 is 0. The van der Waals surface area contributed by atoms with Crippen LogP contribution in [0, 0.1) is 0 Å². The van der Waals surface area contributed by atoms with Gasteiger partial charge < -0.3 is 4.90 Å². The molecule has 1 aromatic rings. The van der Waals surface area contributed by atoms with Crippen molar-refractivity contribution in [1.82, 2.24) is 10.3 Å². The van der Waals surface area contributed by atoms with Gasteiger partial charge in [0.15, 0.2) is 0 Å². The van der Waals surface area contributed by atoms with E-state index in [4.69, 9.17) is 5.84 Å². The lowest BCUT2D eigenvalue weighted by Gasteiger charge is -2.21. The van der Waals surface area contributed by atoms with E-state index < -0.39 is 0 Å². The minimum Gasteiger partial charge on any atom is -0.306 e. The lowest BCUT2D eigenvalue weighted by atomic mass is 9.98. The summed E-state index contributed by atoms with van der Waals surface area (Å²) in [5.74, 6) is 4.85. The van der Waals surface area contributed by atoms with Crippen molar-refractivity contribution in [3.8, 4) is 0 Å². The first-order chi connectivity index (χ1) is 7.69. The van der Waals surface area contributed by atoms with Gasteiger partial charge in [-0.2, -0.15) is 0 Å². The highest BCUT2D eigenvalue weighted by Crippen LogP contribution is 2.16. The van der Waals surface area contributed by atoms with Gasteiger partial charge in [-0.1, -0.05) is 37.3 Å². The van der Waals surface area contributed by atoms with Gasteiger partial charge in [-0.15, -0.1) is 0 Å². The van der Waals surface area contributed by atoms with Gasteiger partial charge in [-0.3, -0.25) is 10.2 Å². The van der Waals surface area contributed by atoms with Crippen LogP contribution < -0.4 is 11.3 Å². The molecule has 4 nitrogen and oxygen atoms in total. The normalized spacial score (nSPS) is 12.5. The minimum absolute atomic E-state index is 0.147. The van der Waals surface area contributed by atoms with Crippen LogP contribution in [0.25, 0.3) is 0 Å². The summed E-state index contributed by atoms with van der Waals surface area (Å²) in [5.41, 5.74) is 3.22. The van der Waals surface area contributed by atoms with Gasteiger partial charge >= 0.3 is 0 Å². The van der Waals surface area contributed by atoms with Crippen LogP contribution in [0.5, 0.6) is 0 Å². The van der Waals surface area contributed by atoms with Crippen LogP contribution in [-0.4, -0.2) is 30.9 Å². The smallest absolute Gasteiger partial charge is 0.242 e. The van der Waals surface area contributed by atoms with Gasteiger partial charge in [-0.05, 0) is 19.2 Å². The fraction of sp³-hybridized carbons (Fsp3) is 0.417. The van der Waals surface area contributed by atoms with E-state index in [-0.39, 0.29) is 11.8 Å². The Morgan fingerprint density at radius 1 is 1.44 bits per heavy atom. The number of nitrogens with zero attached hydrogens (tertiary/aromatic N) is 1. The third-order valence-electron chi connectivity index (χ3n) is 2.69. The maximum absolute atomic E-state index is 11.7. The Labute approximate surface area is 96.4 Å². The Morgan fingerprint density at radius 3 is 2.56 bits per heavy atom. The SMILES string of the molecule is CCN(C)CC(C(=O)NN)c1ccccc1. The molecule has 0 saturated heterocycles. The predicted molar refractivity (Wildman–Crippen MR) is 64.7 cm³/mol. The van der Waals surface area contributed by atoms with Crippen LogP contribution in [0.1, 0.15) is 18.4 Å². The molecular formula is C12H19N3O. The largest absolute Gasteiger partial charge is 0.306 e. The van der Waals surface area contributed by atoms with Crippen LogP contribution in [0.2, 0.25) is 0 Å². The molecule has 1 amide bonds. The number of hydrogen-bond acceptors (Lipinski definition) is 3. The average Bonchev–Trinajstić information content (AvgIpc) is 2.35. The predicted octanol–water partition coefficient (Wildman–Crippen LogP) is 0.712. The summed E-state index contributed by atoms with van der Waals surface area (Å²) in [6, 6.07) is 9.69. The van der Waals surface area contributed by atoms with Crippen molar-refractivity contribution < 1.29 is 4.79 Å². The summed E-state index contributed by atoms with van der Waals surface area (Å²) in [5, 5.41) is 0. The molecule has 16 heavy (non-hydrogen) atoms. The molecule has 0 radical (unpaired) electrons. The summed E-state index contributed by atoms with van der Waals surface area (Å²) >= 11 is 0. The molecule has 0 aliphatic rings. The Balaban J connectivity index is 2.84. The fourth-order valence-electron chi connectivity index (χ4n) is 1.57. The van der Waals surface area contributed by atoms with E-state index in [2.05, 4.69) is 17.2 Å². The molecule has 1 aromatic carbocycles. The molecule has 0 aliphatic heterocycles. The minimum atomic E-state index is -0.212. The topological polar surface area (TPSA) is 58.4 Å². The molecule has 0 saturated carbocycles. The molecule has 88 valence electrons. The Hall–Kier alpha value is -1.39. The second-order valence-electron chi connectivity index (χ2n) is 3.83. The quantitative estimate of drug-likeness (QED) is 0.437. The zero-order valence-electron chi connectivity index (χ0n) is 9.81. The lowest BCUT2D eigenvalue weighted by Crippen LogP contribution is -2.39. The van der Waals surface area contributed by atoms with Gasteiger partial charge in [0.25, 0.3) is 0 Å². The summed E-state index contributed by atoms with van der Waals surface area (Å²) in [6.45, 7) is 3.63. The molecule has 4 heteroatoms. The standard InChI is InChI=1S/C12H19N3O/c1-3-15(2)9-11(12(16)14-13)10-7-5-4-6-8-10/h4-8,11H,3,9,13H2,1-2H3,(H,14,16). The van der Waals surface area contributed by atoms with Crippen molar-refractivity contribution in [2.24, 2.45) is 5.84 Å². The molecule has 0 aliphatic carbocycles. The number of carbonyl (C=O) groups is 1. The molecule has 0 aromatic heterocycles. The van der Waals surface area contributed by atoms with E-state index >= 15 is 0 Å². The molecule has 1 atom stereocenters. The number of benzene rings is 1. The molecule has 0 bridgehead atoms. The molecular weight excluding hydrogens is 202 g/mol. The van der Waals surface area contributed by atoms with Crippen LogP contribution in [0.3, 0.4) is 0 Å². The number of hydrogen-bond donors (Lipinski definition) is 2. The highest BCUT2D eigenvalue weighted by Gasteiger charge is 2.20. The van der Waals surface area contributed by atoms with Crippen LogP contribution in [0.4, 0.5) is 0 Å². The van der Waals surface area contributed by atoms with Crippen molar-refractivity contribution in [3.63, 3.8) is 0 Å². The summed E-state index contributed by atoms with van der Waals surface area (Å²) in [6.07, 6.45) is 0. The zero-order valence-corrected chi connectivity index (χ0v) is 9.81. The van der Waals surface area contributed by atoms with E-state index in [9.17, 15) is 4.79 Å². The first kappa shape index (κ1) is 12.7. The van der Waals surface area contributed by atoms with E-state index in [1.807, 2.05) is 37.4 Å². The van der Waals surface area contributed by atoms with Crippen molar-refractivity contribution in [1.29, 1.82) is 0 Å². The first-order valence-electron chi connectivity index (χ1n) is 5.43. The van der Waals surface area contributed by atoms with Crippen LogP contribution >= 0.6 is 0 Å². The molecule has 0 heterocycles. The number of amides is 1. The third kappa shape index (κ3) is 3.32. The van der Waals surface area contributed by atoms with Crippen molar-refractivity contribution in [2.75, 3.05) is 20.1 Å². The molecule has 3 N–H and O–H groups in total. The van der Waals surface area contributed by atoms with E-state index in [1.54, 1.807) is 0 Å². The van der Waals surface area contributed by atoms with Crippen molar-refractivity contribution in [3.05, 3.63) is 35.9 Å². The van der Waals surface area contributed by atoms with Gasteiger partial charge in [0.2, 0.25) is 5.91 Å². The number of nitrogens with one attached hydrogen (secondary N) is 1. The van der Waals surface area contributed by atoms with Gasteiger partial charge in [0.1, 0.15) is 0 Å². The summed E-state index contributed by atoms with van der Waals surface area (Å²) in [4.78, 5) is 13.8. The van der Waals surface area contributed by atoms with Crippen LogP contribution in [0.15, 0.2) is 30.3 Å². The van der Waals surface area contributed by atoms with Gasteiger partial charge in [-0.25, -0.2) is 5.84 Å². The molecule has 1 rings (SSSR count). The fourth-order valence-corrected chi connectivity index (χ4v) is 1.57. The van der Waals surface area contributed by atoms with Crippen molar-refractivity contribution >= 4 is 5.91 Å². The number of nitrogens with two attached hydrogens (primary N) is 1. The molecule has 1 unspecified atom stereocenters. The Morgan fingerprint density at radius 2 is 2.06 bits per heavy atom. The second kappa shape index (κ2) is 6.25.